The minimum absolute atomic E-state index is 0.00253. The SMILES string of the molecule is CC(C)CC(N)B1OC2CC3CC(C3(C)C)C2(C)O1.O=C(O)C(F)(F)F. The molecule has 0 aromatic heterocycles. The molecule has 5 unspecified atom stereocenters. The van der Waals surface area contributed by atoms with Gasteiger partial charge in [-0.15, -0.1) is 0 Å². The molecule has 1 aliphatic heterocycles. The summed E-state index contributed by atoms with van der Waals surface area (Å²) >= 11 is 0. The maximum Gasteiger partial charge on any atom is 0.490 e. The van der Waals surface area contributed by atoms with Crippen LogP contribution in [0.3, 0.4) is 0 Å². The first-order valence-electron chi connectivity index (χ1n) is 9.08. The van der Waals surface area contributed by atoms with E-state index in [-0.39, 0.29) is 24.8 Å². The summed E-state index contributed by atoms with van der Waals surface area (Å²) in [6.07, 6.45) is -1.42. The topological polar surface area (TPSA) is 81.8 Å². The van der Waals surface area contributed by atoms with Crippen molar-refractivity contribution in [3.05, 3.63) is 0 Å². The van der Waals surface area contributed by atoms with E-state index >= 15 is 0 Å². The maximum atomic E-state index is 10.6. The van der Waals surface area contributed by atoms with Gasteiger partial charge in [0.2, 0.25) is 0 Å². The quantitative estimate of drug-likeness (QED) is 0.736. The highest BCUT2D eigenvalue weighted by Crippen LogP contribution is 2.65. The molecule has 1 saturated heterocycles. The molecular formula is C17H29BF3NO4. The summed E-state index contributed by atoms with van der Waals surface area (Å²) in [5.74, 6) is -0.739. The minimum Gasteiger partial charge on any atom is -0.475 e. The first-order chi connectivity index (χ1) is 11.7. The Morgan fingerprint density at radius 3 is 2.27 bits per heavy atom. The lowest BCUT2D eigenvalue weighted by Gasteiger charge is -2.64. The summed E-state index contributed by atoms with van der Waals surface area (Å²) in [5.41, 5.74) is 6.56. The number of hydrogen-bond donors (Lipinski definition) is 2. The van der Waals surface area contributed by atoms with Crippen LogP contribution in [0.25, 0.3) is 0 Å². The molecule has 9 heteroatoms. The van der Waals surface area contributed by atoms with Gasteiger partial charge in [0.25, 0.3) is 0 Å². The Hall–Kier alpha value is -0.795. The Kier molecular flexibility index (Phi) is 5.77. The van der Waals surface area contributed by atoms with Crippen LogP contribution in [-0.4, -0.2) is 42.0 Å². The fraction of sp³-hybridized carbons (Fsp3) is 0.941. The second kappa shape index (κ2) is 6.98. The van der Waals surface area contributed by atoms with Crippen molar-refractivity contribution in [2.75, 3.05) is 0 Å². The third kappa shape index (κ3) is 3.89. The normalized spacial score (nSPS) is 35.9. The summed E-state index contributed by atoms with van der Waals surface area (Å²) in [6, 6.07) is 0. The van der Waals surface area contributed by atoms with E-state index in [0.717, 1.165) is 18.8 Å². The lowest BCUT2D eigenvalue weighted by Crippen LogP contribution is -2.65. The highest BCUT2D eigenvalue weighted by atomic mass is 19.4. The zero-order valence-electron chi connectivity index (χ0n) is 16.0. The molecule has 5 atom stereocenters. The fourth-order valence-electron chi connectivity index (χ4n) is 4.74. The Bertz CT molecular complexity index is 543. The molecule has 5 nitrogen and oxygen atoms in total. The van der Waals surface area contributed by atoms with Crippen molar-refractivity contribution >= 4 is 13.1 Å². The minimum atomic E-state index is -5.08. The Balaban J connectivity index is 0.000000298. The van der Waals surface area contributed by atoms with E-state index in [4.69, 9.17) is 24.9 Å². The van der Waals surface area contributed by atoms with Crippen LogP contribution in [0.15, 0.2) is 0 Å². The van der Waals surface area contributed by atoms with Gasteiger partial charge in [-0.05, 0) is 49.4 Å². The molecule has 2 bridgehead atoms. The lowest BCUT2D eigenvalue weighted by atomic mass is 9.43. The molecule has 3 aliphatic carbocycles. The van der Waals surface area contributed by atoms with E-state index in [1.165, 1.54) is 6.42 Å². The van der Waals surface area contributed by atoms with Gasteiger partial charge in [0.05, 0.1) is 11.7 Å². The standard InChI is InChI=1S/C15H28BNO2.C2HF3O2/c1-9(2)6-13(17)16-18-12-8-10-7-11(14(10,3)4)15(12,5)19-16;3-2(4,5)1(6)7/h9-13H,6-8,17H2,1-5H3;(H,6,7). The molecule has 4 rings (SSSR count). The monoisotopic (exact) mass is 379 g/mol. The zero-order valence-corrected chi connectivity index (χ0v) is 16.0. The van der Waals surface area contributed by atoms with Crippen molar-refractivity contribution < 1.29 is 32.4 Å². The van der Waals surface area contributed by atoms with E-state index in [0.29, 0.717) is 17.3 Å². The molecule has 1 heterocycles. The van der Waals surface area contributed by atoms with E-state index in [1.807, 2.05) is 0 Å². The van der Waals surface area contributed by atoms with E-state index in [9.17, 15) is 13.2 Å². The van der Waals surface area contributed by atoms with Gasteiger partial charge < -0.3 is 20.1 Å². The number of carboxylic acid groups (broad SMARTS) is 1. The Morgan fingerprint density at radius 1 is 1.31 bits per heavy atom. The molecule has 26 heavy (non-hydrogen) atoms. The summed E-state index contributed by atoms with van der Waals surface area (Å²) < 4.78 is 44.3. The van der Waals surface area contributed by atoms with Crippen LogP contribution in [0.1, 0.15) is 53.9 Å². The number of halogens is 3. The Labute approximate surface area is 152 Å². The van der Waals surface area contributed by atoms with Crippen LogP contribution in [0, 0.1) is 23.2 Å². The van der Waals surface area contributed by atoms with Gasteiger partial charge in [-0.25, -0.2) is 4.79 Å². The number of hydrogen-bond acceptors (Lipinski definition) is 4. The lowest BCUT2D eigenvalue weighted by molar-refractivity contribution is -0.199. The second-order valence-electron chi connectivity index (χ2n) is 8.93. The zero-order chi connectivity index (χ0) is 20.1. The van der Waals surface area contributed by atoms with Gasteiger partial charge in [-0.3, -0.25) is 0 Å². The average molecular weight is 379 g/mol. The van der Waals surface area contributed by atoms with Gasteiger partial charge in [-0.2, -0.15) is 13.2 Å². The molecule has 3 saturated carbocycles. The van der Waals surface area contributed by atoms with Gasteiger partial charge in [-0.1, -0.05) is 27.7 Å². The van der Waals surface area contributed by atoms with Gasteiger partial charge >= 0.3 is 19.3 Å². The van der Waals surface area contributed by atoms with Crippen molar-refractivity contribution in [3.63, 3.8) is 0 Å². The summed E-state index contributed by atoms with van der Waals surface area (Å²) in [6.45, 7) is 11.4. The summed E-state index contributed by atoms with van der Waals surface area (Å²) in [4.78, 5) is 8.90. The predicted octanol–water partition coefficient (Wildman–Crippen LogP) is 3.26. The van der Waals surface area contributed by atoms with Crippen LogP contribution in [-0.2, 0) is 14.1 Å². The molecule has 0 amide bonds. The summed E-state index contributed by atoms with van der Waals surface area (Å²) in [7, 11) is -0.201. The number of alkyl halides is 3. The fourth-order valence-corrected chi connectivity index (χ4v) is 4.74. The van der Waals surface area contributed by atoms with Crippen molar-refractivity contribution in [2.24, 2.45) is 28.9 Å². The number of carboxylic acids is 1. The van der Waals surface area contributed by atoms with E-state index < -0.39 is 12.1 Å². The highest BCUT2D eigenvalue weighted by molar-refractivity contribution is 6.47. The second-order valence-corrected chi connectivity index (χ2v) is 8.93. The van der Waals surface area contributed by atoms with E-state index in [1.54, 1.807) is 0 Å². The first kappa shape index (κ1) is 21.5. The molecule has 0 spiro atoms. The number of rotatable bonds is 3. The molecule has 3 N–H and O–H groups in total. The van der Waals surface area contributed by atoms with E-state index in [2.05, 4.69) is 34.6 Å². The number of aliphatic carboxylic acids is 1. The molecule has 150 valence electrons. The van der Waals surface area contributed by atoms with Crippen molar-refractivity contribution in [2.45, 2.75) is 77.7 Å². The number of nitrogens with two attached hydrogens (primary N) is 1. The first-order valence-corrected chi connectivity index (χ1v) is 9.08. The van der Waals surface area contributed by atoms with Crippen LogP contribution in [0.4, 0.5) is 13.2 Å². The molecule has 4 fully saturated rings. The van der Waals surface area contributed by atoms with Crippen molar-refractivity contribution in [3.8, 4) is 0 Å². The van der Waals surface area contributed by atoms with Crippen molar-refractivity contribution in [1.82, 2.24) is 0 Å². The highest BCUT2D eigenvalue weighted by Gasteiger charge is 2.68. The summed E-state index contributed by atoms with van der Waals surface area (Å²) in [5, 5.41) is 7.12. The van der Waals surface area contributed by atoms with Crippen molar-refractivity contribution in [1.29, 1.82) is 0 Å². The van der Waals surface area contributed by atoms with Gasteiger partial charge in [0, 0.05) is 5.94 Å². The number of carbonyl (C=O) groups is 1. The van der Waals surface area contributed by atoms with Gasteiger partial charge in [0.15, 0.2) is 0 Å². The van der Waals surface area contributed by atoms with Gasteiger partial charge in [0.1, 0.15) is 0 Å². The molecule has 4 aliphatic rings. The largest absolute Gasteiger partial charge is 0.490 e. The van der Waals surface area contributed by atoms with Crippen LogP contribution < -0.4 is 5.73 Å². The molecule has 0 aromatic rings. The third-order valence-electron chi connectivity index (χ3n) is 6.30. The smallest absolute Gasteiger partial charge is 0.475 e. The molecule has 0 aromatic carbocycles. The maximum absolute atomic E-state index is 10.6. The van der Waals surface area contributed by atoms with Crippen LogP contribution >= 0.6 is 0 Å². The van der Waals surface area contributed by atoms with Crippen LogP contribution in [0.5, 0.6) is 0 Å². The third-order valence-corrected chi connectivity index (χ3v) is 6.30. The Morgan fingerprint density at radius 2 is 1.85 bits per heavy atom. The molecule has 0 radical (unpaired) electrons. The van der Waals surface area contributed by atoms with Crippen LogP contribution in [0.2, 0.25) is 0 Å². The predicted molar refractivity (Wildman–Crippen MR) is 91.2 cm³/mol. The average Bonchev–Trinajstić information content (AvgIpc) is 2.83. The molecular weight excluding hydrogens is 350 g/mol.